The molecule has 3 rings (SSSR count). The quantitative estimate of drug-likeness (QED) is 0.762. The smallest absolute Gasteiger partial charge is 0.244 e. The van der Waals surface area contributed by atoms with Gasteiger partial charge in [-0.15, -0.1) is 0 Å². The Morgan fingerprint density at radius 2 is 2.18 bits per heavy atom. The number of aromatic nitrogens is 1. The van der Waals surface area contributed by atoms with Crippen molar-refractivity contribution in [2.45, 2.75) is 17.9 Å². The first-order chi connectivity index (χ1) is 10.5. The molecule has 2 aliphatic rings. The van der Waals surface area contributed by atoms with Gasteiger partial charge in [0.25, 0.3) is 0 Å². The molecule has 3 heterocycles. The number of pyridine rings is 1. The van der Waals surface area contributed by atoms with Crippen LogP contribution in [0.1, 0.15) is 6.92 Å². The summed E-state index contributed by atoms with van der Waals surface area (Å²) in [6, 6.07) is 3.15. The van der Waals surface area contributed by atoms with Crippen LogP contribution < -0.4 is 0 Å². The minimum Gasteiger partial charge on any atom is -0.375 e. The van der Waals surface area contributed by atoms with Crippen LogP contribution in [0.15, 0.2) is 29.4 Å². The first kappa shape index (κ1) is 15.4. The van der Waals surface area contributed by atoms with Crippen LogP contribution in [0.3, 0.4) is 0 Å². The van der Waals surface area contributed by atoms with E-state index in [0.717, 1.165) is 0 Å². The van der Waals surface area contributed by atoms with E-state index in [1.54, 1.807) is 23.2 Å². The van der Waals surface area contributed by atoms with Crippen molar-refractivity contribution in [3.05, 3.63) is 24.5 Å². The summed E-state index contributed by atoms with van der Waals surface area (Å²) in [6.45, 7) is 3.77. The van der Waals surface area contributed by atoms with Crippen LogP contribution in [0, 0.1) is 5.92 Å². The zero-order valence-electron chi connectivity index (χ0n) is 12.4. The van der Waals surface area contributed by atoms with Gasteiger partial charge in [-0.1, -0.05) is 0 Å². The van der Waals surface area contributed by atoms with Crippen molar-refractivity contribution < 1.29 is 17.9 Å². The van der Waals surface area contributed by atoms with Gasteiger partial charge in [0.1, 0.15) is 4.90 Å². The van der Waals surface area contributed by atoms with E-state index in [-0.39, 0.29) is 22.8 Å². The van der Waals surface area contributed by atoms with E-state index >= 15 is 0 Å². The molecule has 1 aromatic rings. The first-order valence-corrected chi connectivity index (χ1v) is 8.70. The Bertz CT molecular complexity index is 649. The van der Waals surface area contributed by atoms with Crippen LogP contribution in [0.25, 0.3) is 0 Å². The van der Waals surface area contributed by atoms with Gasteiger partial charge in [0.2, 0.25) is 15.9 Å². The highest BCUT2D eigenvalue weighted by Crippen LogP contribution is 2.28. The highest BCUT2D eigenvalue weighted by atomic mass is 32.2. The lowest BCUT2D eigenvalue weighted by molar-refractivity contribution is -0.129. The monoisotopic (exact) mass is 325 g/mol. The van der Waals surface area contributed by atoms with Gasteiger partial charge in [-0.25, -0.2) is 8.42 Å². The minimum absolute atomic E-state index is 0.00202. The van der Waals surface area contributed by atoms with E-state index in [2.05, 4.69) is 4.98 Å². The molecule has 0 bridgehead atoms. The number of hydrogen-bond donors (Lipinski definition) is 0. The van der Waals surface area contributed by atoms with Crippen LogP contribution >= 0.6 is 0 Å². The minimum atomic E-state index is -3.56. The first-order valence-electron chi connectivity index (χ1n) is 7.26. The molecule has 120 valence electrons. The Morgan fingerprint density at radius 1 is 1.36 bits per heavy atom. The van der Waals surface area contributed by atoms with Gasteiger partial charge in [0, 0.05) is 51.4 Å². The summed E-state index contributed by atoms with van der Waals surface area (Å²) in [7, 11) is -3.56. The lowest BCUT2D eigenvalue weighted by atomic mass is 10.1. The lowest BCUT2D eigenvalue weighted by Gasteiger charge is -2.22. The van der Waals surface area contributed by atoms with Gasteiger partial charge in [0.05, 0.1) is 12.7 Å². The highest BCUT2D eigenvalue weighted by Gasteiger charge is 2.42. The molecule has 0 aliphatic carbocycles. The van der Waals surface area contributed by atoms with Crippen molar-refractivity contribution in [1.29, 1.82) is 0 Å². The van der Waals surface area contributed by atoms with E-state index < -0.39 is 10.0 Å². The molecule has 1 aromatic heterocycles. The predicted molar refractivity (Wildman–Crippen MR) is 78.5 cm³/mol. The Morgan fingerprint density at radius 3 is 2.86 bits per heavy atom. The molecule has 2 fully saturated rings. The van der Waals surface area contributed by atoms with Gasteiger partial charge in [0.15, 0.2) is 0 Å². The molecule has 0 radical (unpaired) electrons. The number of fused-ring (bicyclic) bond motifs is 1. The average Bonchev–Trinajstić information content (AvgIpc) is 2.80. The second kappa shape index (κ2) is 5.94. The second-order valence-electron chi connectivity index (χ2n) is 5.65. The topological polar surface area (TPSA) is 79.8 Å². The summed E-state index contributed by atoms with van der Waals surface area (Å²) >= 11 is 0. The van der Waals surface area contributed by atoms with Gasteiger partial charge in [-0.05, 0) is 12.1 Å². The summed E-state index contributed by atoms with van der Waals surface area (Å²) in [5.41, 5.74) is 0. The Kier molecular flexibility index (Phi) is 4.16. The van der Waals surface area contributed by atoms with Crippen molar-refractivity contribution in [2.75, 3.05) is 32.8 Å². The molecule has 2 saturated heterocycles. The zero-order valence-corrected chi connectivity index (χ0v) is 13.2. The molecule has 0 unspecified atom stereocenters. The lowest BCUT2D eigenvalue weighted by Crippen LogP contribution is -2.36. The third-order valence-electron chi connectivity index (χ3n) is 4.21. The molecule has 0 aromatic carbocycles. The number of carbonyl (C=O) groups is 1. The molecule has 0 N–H and O–H groups in total. The van der Waals surface area contributed by atoms with Crippen molar-refractivity contribution >= 4 is 15.9 Å². The number of hydrogen-bond acceptors (Lipinski definition) is 5. The average molecular weight is 325 g/mol. The Balaban J connectivity index is 1.78. The maximum atomic E-state index is 12.6. The third-order valence-corrected chi connectivity index (χ3v) is 6.03. The molecular weight excluding hydrogens is 306 g/mol. The molecule has 0 spiro atoms. The van der Waals surface area contributed by atoms with Crippen molar-refractivity contribution in [2.24, 2.45) is 5.92 Å². The van der Waals surface area contributed by atoms with Crippen molar-refractivity contribution in [3.63, 3.8) is 0 Å². The maximum Gasteiger partial charge on any atom is 0.244 e. The van der Waals surface area contributed by atoms with Crippen LogP contribution in [0.5, 0.6) is 0 Å². The molecule has 7 nitrogen and oxygen atoms in total. The molecule has 8 heteroatoms. The maximum absolute atomic E-state index is 12.6. The van der Waals surface area contributed by atoms with Gasteiger partial charge < -0.3 is 9.64 Å². The summed E-state index contributed by atoms with van der Waals surface area (Å²) in [5.74, 6) is 0.00987. The van der Waals surface area contributed by atoms with Crippen molar-refractivity contribution in [3.8, 4) is 0 Å². The Hall–Kier alpha value is -1.51. The highest BCUT2D eigenvalue weighted by molar-refractivity contribution is 7.89. The summed E-state index contributed by atoms with van der Waals surface area (Å²) in [4.78, 5) is 17.4. The van der Waals surface area contributed by atoms with Crippen LogP contribution in [-0.4, -0.2) is 67.4 Å². The predicted octanol–water partition coefficient (Wildman–Crippen LogP) is -0.0506. The van der Waals surface area contributed by atoms with E-state index in [1.807, 2.05) is 0 Å². The largest absolute Gasteiger partial charge is 0.375 e. The number of carbonyl (C=O) groups excluding carboxylic acids is 1. The molecule has 2 aliphatic heterocycles. The van der Waals surface area contributed by atoms with Crippen LogP contribution in [-0.2, 0) is 19.6 Å². The van der Waals surface area contributed by atoms with E-state index in [9.17, 15) is 13.2 Å². The number of rotatable bonds is 2. The van der Waals surface area contributed by atoms with E-state index in [0.29, 0.717) is 32.8 Å². The molecule has 2 atom stereocenters. The van der Waals surface area contributed by atoms with Gasteiger partial charge in [-0.2, -0.15) is 4.31 Å². The number of sulfonamides is 1. The van der Waals surface area contributed by atoms with Gasteiger partial charge >= 0.3 is 0 Å². The zero-order chi connectivity index (χ0) is 15.7. The fourth-order valence-corrected chi connectivity index (χ4v) is 4.46. The summed E-state index contributed by atoms with van der Waals surface area (Å²) < 4.78 is 32.4. The number of amides is 1. The van der Waals surface area contributed by atoms with E-state index in [4.69, 9.17) is 4.74 Å². The Labute approximate surface area is 129 Å². The van der Waals surface area contributed by atoms with Gasteiger partial charge in [-0.3, -0.25) is 9.78 Å². The second-order valence-corrected chi connectivity index (χ2v) is 7.58. The fourth-order valence-electron chi connectivity index (χ4n) is 2.99. The fraction of sp³-hybridized carbons (Fsp3) is 0.571. The van der Waals surface area contributed by atoms with E-state index in [1.165, 1.54) is 17.4 Å². The summed E-state index contributed by atoms with van der Waals surface area (Å²) in [5, 5.41) is 0. The SMILES string of the molecule is CC(=O)N1CCO[C@H]2CN(S(=O)(=O)c3cccnc3)C[C@@H]2C1. The van der Waals surface area contributed by atoms with Crippen LogP contribution in [0.2, 0.25) is 0 Å². The molecule has 22 heavy (non-hydrogen) atoms. The molecule has 0 saturated carbocycles. The normalized spacial score (nSPS) is 26.5. The third kappa shape index (κ3) is 2.86. The summed E-state index contributed by atoms with van der Waals surface area (Å²) in [6.07, 6.45) is 2.74. The standard InChI is InChI=1S/C14H19N3O4S/c1-11(18)16-5-6-21-14-10-17(9-12(14)8-16)22(19,20)13-3-2-4-15-7-13/h2-4,7,12,14H,5-6,8-10H2,1H3/t12-,14-/m0/s1. The molecular formula is C14H19N3O4S. The number of nitrogens with zero attached hydrogens (tertiary/aromatic N) is 3. The molecule has 1 amide bonds. The number of ether oxygens (including phenoxy) is 1. The van der Waals surface area contributed by atoms with Crippen molar-refractivity contribution in [1.82, 2.24) is 14.2 Å². The van der Waals surface area contributed by atoms with Crippen LogP contribution in [0.4, 0.5) is 0 Å².